The first-order chi connectivity index (χ1) is 10.6. The molecule has 0 heterocycles. The molecule has 0 unspecified atom stereocenters. The fourth-order valence-electron chi connectivity index (χ4n) is 3.05. The lowest BCUT2D eigenvalue weighted by molar-refractivity contribution is 0.401. The van der Waals surface area contributed by atoms with Gasteiger partial charge in [-0.15, -0.1) is 0 Å². The molecule has 2 aromatic rings. The summed E-state index contributed by atoms with van der Waals surface area (Å²) in [7, 11) is -6.13. The molecule has 0 aromatic heterocycles. The Labute approximate surface area is 188 Å². The average molecular weight is 457 g/mol. The van der Waals surface area contributed by atoms with Crippen LogP contribution in [0, 0.1) is 0 Å². The Balaban J connectivity index is -0.000000320. The van der Waals surface area contributed by atoms with Gasteiger partial charge in [-0.25, -0.2) is 0 Å². The predicted molar refractivity (Wildman–Crippen MR) is 147 cm³/mol. The summed E-state index contributed by atoms with van der Waals surface area (Å²) in [6, 6.07) is 21.3. The van der Waals surface area contributed by atoms with Crippen LogP contribution in [-0.2, 0) is 8.23 Å². The lowest BCUT2D eigenvalue weighted by atomic mass is 10.4. The van der Waals surface area contributed by atoms with Crippen LogP contribution >= 0.6 is 0 Å². The topological polar surface area (TPSA) is 18.5 Å². The van der Waals surface area contributed by atoms with Crippen molar-refractivity contribution in [3.05, 3.63) is 60.7 Å². The van der Waals surface area contributed by atoms with E-state index < -0.39 is 25.2 Å². The number of hydrogen-bond acceptors (Lipinski definition) is 2. The molecule has 0 aliphatic rings. The highest BCUT2D eigenvalue weighted by Gasteiger charge is 2.43. The molecule has 29 heavy (non-hydrogen) atoms. The molecule has 172 valence electrons. The third-order valence-corrected chi connectivity index (χ3v) is 14.5. The van der Waals surface area contributed by atoms with Crippen molar-refractivity contribution in [2.45, 2.75) is 83.8 Å². The zero-order valence-corrected chi connectivity index (χ0v) is 18.1. The van der Waals surface area contributed by atoms with Crippen molar-refractivity contribution in [1.82, 2.24) is 0 Å². The second-order valence-corrected chi connectivity index (χ2v) is 19.4. The minimum Gasteiger partial charge on any atom is -0.437 e. The van der Waals surface area contributed by atoms with Crippen molar-refractivity contribution in [2.24, 2.45) is 0 Å². The molecule has 0 fully saturated rings. The van der Waals surface area contributed by atoms with Gasteiger partial charge in [-0.3, -0.25) is 0 Å². The Morgan fingerprint density at radius 3 is 1.07 bits per heavy atom. The highest BCUT2D eigenvalue weighted by molar-refractivity contribution is 7.01. The second-order valence-electron chi connectivity index (χ2n) is 7.48. The van der Waals surface area contributed by atoms with E-state index in [0.717, 1.165) is 0 Å². The summed E-state index contributed by atoms with van der Waals surface area (Å²) >= 11 is 0. The Hall–Kier alpha value is -0.989. The van der Waals surface area contributed by atoms with Gasteiger partial charge in [-0.2, -0.15) is 0 Å². The molecule has 0 N–H and O–H groups in total. The van der Waals surface area contributed by atoms with Crippen LogP contribution in [0.3, 0.4) is 0 Å². The largest absolute Gasteiger partial charge is 0.437 e. The Kier molecular flexibility index (Phi) is 19.8. The molecule has 0 aliphatic heterocycles. The van der Waals surface area contributed by atoms with E-state index in [1.165, 1.54) is 10.4 Å². The van der Waals surface area contributed by atoms with E-state index in [1.807, 2.05) is 0 Å². The van der Waals surface area contributed by atoms with Gasteiger partial charge in [0.15, 0.2) is 8.32 Å². The van der Waals surface area contributed by atoms with Crippen LogP contribution in [0.15, 0.2) is 60.7 Å². The molecule has 0 radical (unpaired) electrons. The third-order valence-electron chi connectivity index (χ3n) is 3.65. The van der Waals surface area contributed by atoms with Gasteiger partial charge in [0.2, 0.25) is 8.32 Å². The minimum atomic E-state index is -2.28. The number of hydrogen-bond donors (Lipinski definition) is 0. The van der Waals surface area contributed by atoms with Crippen molar-refractivity contribution in [1.29, 1.82) is 0 Å². The number of benzene rings is 2. The van der Waals surface area contributed by atoms with E-state index in [2.05, 4.69) is 99.9 Å². The van der Waals surface area contributed by atoms with Crippen molar-refractivity contribution in [3.63, 3.8) is 0 Å². The van der Waals surface area contributed by atoms with E-state index in [4.69, 9.17) is 8.23 Å². The summed E-state index contributed by atoms with van der Waals surface area (Å²) in [5, 5.41) is 2.59. The molecule has 2 nitrogen and oxygen atoms in total. The van der Waals surface area contributed by atoms with Crippen LogP contribution in [0.2, 0.25) is 39.3 Å². The first kappa shape index (κ1) is 38.6. The average Bonchev–Trinajstić information content (AvgIpc) is 2.46. The molecule has 0 spiro atoms. The molecule has 0 saturated carbocycles. The van der Waals surface area contributed by atoms with Crippen LogP contribution in [0.1, 0.15) is 44.6 Å². The minimum absolute atomic E-state index is 0. The van der Waals surface area contributed by atoms with Gasteiger partial charge in [0.05, 0.1) is 0 Å². The maximum atomic E-state index is 6.86. The maximum Gasteiger partial charge on any atom is 0.311 e. The number of rotatable bonds is 6. The van der Waals surface area contributed by atoms with E-state index in [1.54, 1.807) is 0 Å². The van der Waals surface area contributed by atoms with Crippen molar-refractivity contribution >= 4 is 35.6 Å². The molecular weight excluding hydrogens is 405 g/mol. The molecule has 0 bridgehead atoms. The molecular formula is C24H52O2Si3. The van der Waals surface area contributed by atoms with Crippen molar-refractivity contribution < 1.29 is 8.23 Å². The summed E-state index contributed by atoms with van der Waals surface area (Å²) in [4.78, 5) is 0. The maximum absolute atomic E-state index is 6.86. The standard InChI is InChI=1S/C18H28O2Si3.6CH4/c1-21(2,3)19-22(4,5)20-23(6,17-13-9-7-10-14-17)18-15-11-8-12-16-18;;;;;;/h7-16H,1-6H3;6*1H4. The van der Waals surface area contributed by atoms with E-state index in [0.29, 0.717) is 0 Å². The first-order valence-electron chi connectivity index (χ1n) is 8.14. The van der Waals surface area contributed by atoms with Gasteiger partial charge in [-0.05, 0) is 49.7 Å². The quantitative estimate of drug-likeness (QED) is 0.413. The van der Waals surface area contributed by atoms with Crippen molar-refractivity contribution in [3.8, 4) is 0 Å². The Bertz CT molecular complexity index is 584. The predicted octanol–water partition coefficient (Wildman–Crippen LogP) is 7.76. The van der Waals surface area contributed by atoms with E-state index >= 15 is 0 Å². The zero-order valence-electron chi connectivity index (χ0n) is 15.1. The smallest absolute Gasteiger partial charge is 0.311 e. The molecule has 2 aromatic carbocycles. The van der Waals surface area contributed by atoms with Gasteiger partial charge in [-0.1, -0.05) is 105 Å². The van der Waals surface area contributed by atoms with Crippen LogP contribution in [0.25, 0.3) is 0 Å². The first-order valence-corrected chi connectivity index (χ1v) is 16.8. The van der Waals surface area contributed by atoms with Gasteiger partial charge in [0.1, 0.15) is 0 Å². The molecule has 0 atom stereocenters. The molecule has 0 amide bonds. The van der Waals surface area contributed by atoms with Crippen LogP contribution in [0.5, 0.6) is 0 Å². The summed E-state index contributed by atoms with van der Waals surface area (Å²) in [5.41, 5.74) is 0. The van der Waals surface area contributed by atoms with Gasteiger partial charge in [0.25, 0.3) is 0 Å². The van der Waals surface area contributed by atoms with Crippen LogP contribution < -0.4 is 10.4 Å². The summed E-state index contributed by atoms with van der Waals surface area (Å²) < 4.78 is 13.3. The monoisotopic (exact) mass is 456 g/mol. The summed E-state index contributed by atoms with van der Waals surface area (Å²) in [5.74, 6) is 0. The fourth-order valence-corrected chi connectivity index (χ4v) is 16.4. The summed E-state index contributed by atoms with van der Waals surface area (Å²) in [6.45, 7) is 13.4. The Morgan fingerprint density at radius 1 is 0.483 bits per heavy atom. The third kappa shape index (κ3) is 11.1. The van der Waals surface area contributed by atoms with Crippen molar-refractivity contribution in [2.75, 3.05) is 0 Å². The Morgan fingerprint density at radius 2 is 0.793 bits per heavy atom. The van der Waals surface area contributed by atoms with E-state index in [9.17, 15) is 0 Å². The molecule has 2 rings (SSSR count). The highest BCUT2D eigenvalue weighted by Crippen LogP contribution is 2.20. The van der Waals surface area contributed by atoms with Gasteiger partial charge >= 0.3 is 8.56 Å². The van der Waals surface area contributed by atoms with E-state index in [-0.39, 0.29) is 44.6 Å². The molecule has 5 heteroatoms. The summed E-state index contributed by atoms with van der Waals surface area (Å²) in [6.07, 6.45) is 0. The lowest BCUT2D eigenvalue weighted by Crippen LogP contribution is -2.64. The van der Waals surface area contributed by atoms with Crippen LogP contribution in [0.4, 0.5) is 0 Å². The second kappa shape index (κ2) is 14.9. The van der Waals surface area contributed by atoms with Crippen LogP contribution in [-0.4, -0.2) is 25.2 Å². The lowest BCUT2D eigenvalue weighted by Gasteiger charge is -2.39. The zero-order chi connectivity index (χ0) is 17.1. The van der Waals surface area contributed by atoms with Gasteiger partial charge in [0, 0.05) is 0 Å². The normalized spacial score (nSPS) is 10.4. The van der Waals surface area contributed by atoms with Gasteiger partial charge < -0.3 is 8.23 Å². The SMILES string of the molecule is C.C.C.C.C.C.C[Si](C)(C)O[Si](C)(C)O[Si](C)(c1ccccc1)c1ccccc1. The highest BCUT2D eigenvalue weighted by atomic mass is 28.5. The fraction of sp³-hybridized carbons (Fsp3) is 0.500. The molecule has 0 saturated heterocycles. The molecule has 0 aliphatic carbocycles.